The summed E-state index contributed by atoms with van der Waals surface area (Å²) in [6, 6.07) is 32.7. The lowest BCUT2D eigenvalue weighted by atomic mass is 9.84. The predicted molar refractivity (Wildman–Crippen MR) is 195 cm³/mol. The maximum absolute atomic E-state index is 7.49. The molecule has 0 spiro atoms. The van der Waals surface area contributed by atoms with Crippen LogP contribution in [0.15, 0.2) is 102 Å². The van der Waals surface area contributed by atoms with E-state index in [0.29, 0.717) is 6.61 Å². The van der Waals surface area contributed by atoms with Crippen molar-refractivity contribution in [1.82, 2.24) is 9.55 Å². The number of ether oxygens (including phenoxy) is 1. The number of aryl methyl sites for hydroxylation is 1. The molecule has 5 rings (SSSR count). The molecule has 0 N–H and O–H groups in total. The van der Waals surface area contributed by atoms with Gasteiger partial charge >= 0.3 is 0 Å². The Morgan fingerprint density at radius 2 is 1.49 bits per heavy atom. The first-order valence-electron chi connectivity index (χ1n) is 16.0. The van der Waals surface area contributed by atoms with Crippen LogP contribution in [0.5, 0.6) is 0 Å². The minimum Gasteiger partial charge on any atom is -0.407 e. The lowest BCUT2D eigenvalue weighted by Gasteiger charge is -2.44. The molecule has 4 nitrogen and oxygen atoms in total. The van der Waals surface area contributed by atoms with Gasteiger partial charge in [0.05, 0.1) is 17.5 Å². The monoisotopic (exact) mass is 682 g/mol. The normalized spacial score (nSPS) is 13.4. The van der Waals surface area contributed by atoms with E-state index in [9.17, 15) is 0 Å². The molecule has 0 saturated heterocycles. The largest absolute Gasteiger partial charge is 0.407 e. The summed E-state index contributed by atoms with van der Waals surface area (Å²) < 4.78 is 16.8. The number of hydrogen-bond acceptors (Lipinski definition) is 3. The van der Waals surface area contributed by atoms with Crippen LogP contribution in [0.25, 0.3) is 22.2 Å². The van der Waals surface area contributed by atoms with Crippen LogP contribution in [0.3, 0.4) is 0 Å². The van der Waals surface area contributed by atoms with Gasteiger partial charge in [-0.05, 0) is 77.0 Å². The molecule has 5 aromatic rings. The SMILES string of the molecule is CCn1c(-c2cccnc2C(C)OC)c(CC(C)(C)CO[Si](c2ccccc2)(c2ccccc2)C(C)(C)C)c2cc(Br)ccc21. The smallest absolute Gasteiger partial charge is 0.261 e. The van der Waals surface area contributed by atoms with Gasteiger partial charge in [0.2, 0.25) is 0 Å². The van der Waals surface area contributed by atoms with E-state index < -0.39 is 8.32 Å². The predicted octanol–water partition coefficient (Wildman–Crippen LogP) is 9.34. The number of halogens is 1. The average molecular weight is 684 g/mol. The van der Waals surface area contributed by atoms with Crippen molar-refractivity contribution in [3.05, 3.63) is 113 Å². The maximum Gasteiger partial charge on any atom is 0.261 e. The number of aromatic nitrogens is 2. The van der Waals surface area contributed by atoms with E-state index in [1.54, 1.807) is 7.11 Å². The van der Waals surface area contributed by atoms with E-state index in [1.807, 2.05) is 12.3 Å². The third-order valence-corrected chi connectivity index (χ3v) is 14.5. The first kappa shape index (κ1) is 33.3. The van der Waals surface area contributed by atoms with Crippen molar-refractivity contribution in [2.24, 2.45) is 5.41 Å². The molecule has 3 aromatic carbocycles. The Kier molecular flexibility index (Phi) is 9.90. The van der Waals surface area contributed by atoms with Crippen molar-refractivity contribution in [3.8, 4) is 11.3 Å². The number of pyridine rings is 1. The van der Waals surface area contributed by atoms with Gasteiger partial charge in [0.25, 0.3) is 8.32 Å². The molecule has 0 aliphatic rings. The van der Waals surface area contributed by atoms with Crippen LogP contribution < -0.4 is 10.4 Å². The van der Waals surface area contributed by atoms with Gasteiger partial charge < -0.3 is 13.7 Å². The fraction of sp³-hybridized carbons (Fsp3) is 0.359. The van der Waals surface area contributed by atoms with Gasteiger partial charge in [-0.15, -0.1) is 0 Å². The van der Waals surface area contributed by atoms with Gasteiger partial charge in [0.15, 0.2) is 0 Å². The third kappa shape index (κ3) is 6.48. The molecule has 1 unspecified atom stereocenters. The first-order chi connectivity index (χ1) is 21.4. The molecular weight excluding hydrogens is 636 g/mol. The Labute approximate surface area is 279 Å². The summed E-state index contributed by atoms with van der Waals surface area (Å²) >= 11 is 3.78. The molecule has 0 aliphatic heterocycles. The van der Waals surface area contributed by atoms with Crippen molar-refractivity contribution in [3.63, 3.8) is 0 Å². The first-order valence-corrected chi connectivity index (χ1v) is 18.7. The highest BCUT2D eigenvalue weighted by molar-refractivity contribution is 9.10. The summed E-state index contributed by atoms with van der Waals surface area (Å²) in [7, 11) is -0.934. The van der Waals surface area contributed by atoms with Crippen LogP contribution in [0.4, 0.5) is 0 Å². The summed E-state index contributed by atoms with van der Waals surface area (Å²) in [4.78, 5) is 4.82. The fourth-order valence-electron chi connectivity index (χ4n) is 6.86. The number of hydrogen-bond donors (Lipinski definition) is 0. The van der Waals surface area contributed by atoms with Crippen LogP contribution in [0, 0.1) is 5.41 Å². The summed E-state index contributed by atoms with van der Waals surface area (Å²) in [5.74, 6) is 0. The molecule has 0 bridgehead atoms. The molecule has 0 amide bonds. The van der Waals surface area contributed by atoms with E-state index >= 15 is 0 Å². The summed E-state index contributed by atoms with van der Waals surface area (Å²) in [6.45, 7) is 17.5. The lowest BCUT2D eigenvalue weighted by molar-refractivity contribution is 0.116. The quantitative estimate of drug-likeness (QED) is 0.130. The molecule has 2 heterocycles. The minimum atomic E-state index is -2.69. The van der Waals surface area contributed by atoms with Crippen LogP contribution >= 0.6 is 15.9 Å². The second-order valence-corrected chi connectivity index (χ2v) is 19.1. The molecule has 236 valence electrons. The van der Waals surface area contributed by atoms with Gasteiger partial charge in [0, 0.05) is 47.4 Å². The zero-order chi connectivity index (χ0) is 32.4. The van der Waals surface area contributed by atoms with Gasteiger partial charge in [-0.1, -0.05) is 111 Å². The van der Waals surface area contributed by atoms with Crippen LogP contribution in [-0.2, 0) is 22.1 Å². The molecule has 45 heavy (non-hydrogen) atoms. The van der Waals surface area contributed by atoms with E-state index in [4.69, 9.17) is 14.1 Å². The Balaban J connectivity index is 1.64. The highest BCUT2D eigenvalue weighted by Gasteiger charge is 2.50. The maximum atomic E-state index is 7.49. The molecule has 0 aliphatic carbocycles. The molecule has 0 saturated carbocycles. The molecular formula is C39H47BrN2O2Si. The van der Waals surface area contributed by atoms with Crippen LogP contribution in [0.2, 0.25) is 5.04 Å². The molecule has 6 heteroatoms. The standard InChI is InChI=1S/C39H47BrN2O2Si/c1-9-42-35-23-22-29(40)25-33(35)34(37(42)32-21-16-24-41-36(32)28(2)43-8)26-39(6,7)27-44-45(38(3,4)5,30-17-12-10-13-18-30)31-19-14-11-15-20-31/h10-25,28H,9,26-27H2,1-8H3. The van der Waals surface area contributed by atoms with E-state index in [2.05, 4.69) is 154 Å². The molecule has 0 fully saturated rings. The van der Waals surface area contributed by atoms with E-state index in [0.717, 1.165) is 28.7 Å². The van der Waals surface area contributed by atoms with Crippen LogP contribution in [0.1, 0.15) is 65.8 Å². The Morgan fingerprint density at radius 1 is 0.867 bits per heavy atom. The minimum absolute atomic E-state index is 0.0824. The van der Waals surface area contributed by atoms with E-state index in [1.165, 1.54) is 32.5 Å². The highest BCUT2D eigenvalue weighted by atomic mass is 79.9. The van der Waals surface area contributed by atoms with E-state index in [-0.39, 0.29) is 16.6 Å². The molecule has 0 radical (unpaired) electrons. The van der Waals surface area contributed by atoms with Crippen molar-refractivity contribution in [2.75, 3.05) is 13.7 Å². The Morgan fingerprint density at radius 3 is 2.04 bits per heavy atom. The Hall–Kier alpha value is -3.03. The number of methoxy groups -OCH3 is 1. The van der Waals surface area contributed by atoms with Crippen molar-refractivity contribution < 1.29 is 9.16 Å². The average Bonchev–Trinajstić information content (AvgIpc) is 3.32. The number of benzene rings is 3. The lowest BCUT2D eigenvalue weighted by Crippen LogP contribution is -2.67. The van der Waals surface area contributed by atoms with Crippen molar-refractivity contribution in [2.45, 2.75) is 72.6 Å². The summed E-state index contributed by atoms with van der Waals surface area (Å²) in [6.07, 6.45) is 2.58. The van der Waals surface area contributed by atoms with Gasteiger partial charge in [-0.25, -0.2) is 0 Å². The molecule has 1 atom stereocenters. The number of rotatable bonds is 11. The number of nitrogens with zero attached hydrogens (tertiary/aromatic N) is 2. The molecule has 2 aromatic heterocycles. The second-order valence-electron chi connectivity index (χ2n) is 13.8. The summed E-state index contributed by atoms with van der Waals surface area (Å²) in [5, 5.41) is 3.79. The van der Waals surface area contributed by atoms with Gasteiger partial charge in [-0.2, -0.15) is 0 Å². The van der Waals surface area contributed by atoms with Crippen LogP contribution in [-0.4, -0.2) is 31.6 Å². The topological polar surface area (TPSA) is 36.3 Å². The van der Waals surface area contributed by atoms with Crippen molar-refractivity contribution >= 4 is 45.5 Å². The summed E-state index contributed by atoms with van der Waals surface area (Å²) in [5.41, 5.74) is 5.68. The number of fused-ring (bicyclic) bond motifs is 1. The van der Waals surface area contributed by atoms with Gasteiger partial charge in [-0.3, -0.25) is 4.98 Å². The van der Waals surface area contributed by atoms with Gasteiger partial charge in [0.1, 0.15) is 0 Å². The van der Waals surface area contributed by atoms with Crippen molar-refractivity contribution in [1.29, 1.82) is 0 Å². The highest BCUT2D eigenvalue weighted by Crippen LogP contribution is 2.43. The second kappa shape index (κ2) is 13.4. The third-order valence-electron chi connectivity index (χ3n) is 9.03. The zero-order valence-electron chi connectivity index (χ0n) is 28.0. The zero-order valence-corrected chi connectivity index (χ0v) is 30.6. The fourth-order valence-corrected chi connectivity index (χ4v) is 12.0. The Bertz CT molecular complexity index is 1700.